The van der Waals surface area contributed by atoms with Crippen LogP contribution in [0.5, 0.6) is 5.88 Å². The number of methoxy groups -OCH3 is 1. The number of piperidine rings is 1. The van der Waals surface area contributed by atoms with Gasteiger partial charge in [-0.3, -0.25) is 9.69 Å². The second-order valence-corrected chi connectivity index (χ2v) is 7.64. The van der Waals surface area contributed by atoms with Crippen LogP contribution >= 0.6 is 0 Å². The van der Waals surface area contributed by atoms with E-state index in [4.69, 9.17) is 4.74 Å². The largest absolute Gasteiger partial charge is 0.481 e. The number of rotatable bonds is 4. The van der Waals surface area contributed by atoms with Crippen molar-refractivity contribution in [3.8, 4) is 5.88 Å². The molecule has 0 spiro atoms. The van der Waals surface area contributed by atoms with Gasteiger partial charge in [-0.25, -0.2) is 4.98 Å². The SMILES string of the molecule is COc1cc(C(=O)N2CC[C@](O)(c3ccccc3)[C@H](N3CCCC3)C2)ccn1. The molecule has 1 aromatic carbocycles. The molecule has 0 saturated carbocycles. The normalized spacial score (nSPS) is 25.6. The Bertz CT molecular complexity index is 823. The van der Waals surface area contributed by atoms with Crippen LogP contribution < -0.4 is 4.74 Å². The van der Waals surface area contributed by atoms with Crippen LogP contribution in [0.25, 0.3) is 0 Å². The van der Waals surface area contributed by atoms with Crippen molar-refractivity contribution in [2.45, 2.75) is 30.9 Å². The van der Waals surface area contributed by atoms with Crippen molar-refractivity contribution in [3.05, 3.63) is 59.8 Å². The second-order valence-electron chi connectivity index (χ2n) is 7.64. The molecule has 1 N–H and O–H groups in total. The van der Waals surface area contributed by atoms with Gasteiger partial charge in [0, 0.05) is 30.9 Å². The van der Waals surface area contributed by atoms with E-state index in [0.29, 0.717) is 31.0 Å². The summed E-state index contributed by atoms with van der Waals surface area (Å²) >= 11 is 0. The molecular formula is C22H27N3O3. The zero-order chi connectivity index (χ0) is 19.6. The van der Waals surface area contributed by atoms with E-state index in [1.807, 2.05) is 35.2 Å². The molecule has 3 heterocycles. The van der Waals surface area contributed by atoms with Gasteiger partial charge in [-0.05, 0) is 44.0 Å². The molecule has 28 heavy (non-hydrogen) atoms. The maximum atomic E-state index is 13.1. The predicted molar refractivity (Wildman–Crippen MR) is 106 cm³/mol. The van der Waals surface area contributed by atoms with Gasteiger partial charge in [0.15, 0.2) is 0 Å². The first-order valence-electron chi connectivity index (χ1n) is 9.93. The first kappa shape index (κ1) is 18.9. The quantitative estimate of drug-likeness (QED) is 0.880. The van der Waals surface area contributed by atoms with Gasteiger partial charge in [0.25, 0.3) is 5.91 Å². The molecule has 0 bridgehead atoms. The fourth-order valence-corrected chi connectivity index (χ4v) is 4.48. The van der Waals surface area contributed by atoms with Crippen molar-refractivity contribution in [2.75, 3.05) is 33.3 Å². The van der Waals surface area contributed by atoms with Crippen LogP contribution in [0.3, 0.4) is 0 Å². The number of hydrogen-bond acceptors (Lipinski definition) is 5. The number of pyridine rings is 1. The van der Waals surface area contributed by atoms with Crippen molar-refractivity contribution in [2.24, 2.45) is 0 Å². The summed E-state index contributed by atoms with van der Waals surface area (Å²) in [5.41, 5.74) is 0.556. The fourth-order valence-electron chi connectivity index (χ4n) is 4.48. The Hall–Kier alpha value is -2.44. The summed E-state index contributed by atoms with van der Waals surface area (Å²) in [5, 5.41) is 11.7. The van der Waals surface area contributed by atoms with Crippen molar-refractivity contribution in [1.29, 1.82) is 0 Å². The molecule has 2 fully saturated rings. The third kappa shape index (κ3) is 3.50. The maximum absolute atomic E-state index is 13.1. The molecule has 2 aliphatic rings. The number of ether oxygens (including phenoxy) is 1. The molecule has 6 heteroatoms. The second kappa shape index (κ2) is 7.89. The van der Waals surface area contributed by atoms with Crippen molar-refractivity contribution in [3.63, 3.8) is 0 Å². The number of carbonyl (C=O) groups is 1. The summed E-state index contributed by atoms with van der Waals surface area (Å²) in [7, 11) is 1.54. The Balaban J connectivity index is 1.61. The third-order valence-corrected chi connectivity index (χ3v) is 6.04. The molecular weight excluding hydrogens is 354 g/mol. The molecule has 1 amide bonds. The van der Waals surface area contributed by atoms with Gasteiger partial charge in [0.1, 0.15) is 5.60 Å². The van der Waals surface area contributed by atoms with Crippen LogP contribution in [0.4, 0.5) is 0 Å². The summed E-state index contributed by atoms with van der Waals surface area (Å²) in [4.78, 5) is 21.4. The number of aliphatic hydroxyl groups is 1. The lowest BCUT2D eigenvalue weighted by molar-refractivity contribution is -0.0878. The molecule has 2 saturated heterocycles. The molecule has 2 aromatic rings. The van der Waals surface area contributed by atoms with Crippen LogP contribution in [0, 0.1) is 0 Å². The van der Waals surface area contributed by atoms with E-state index in [1.165, 1.54) is 0 Å². The van der Waals surface area contributed by atoms with E-state index in [-0.39, 0.29) is 11.9 Å². The van der Waals surface area contributed by atoms with E-state index in [0.717, 1.165) is 31.5 Å². The van der Waals surface area contributed by atoms with Crippen LogP contribution in [-0.2, 0) is 5.60 Å². The van der Waals surface area contributed by atoms with Gasteiger partial charge < -0.3 is 14.7 Å². The van der Waals surface area contributed by atoms with Gasteiger partial charge in [-0.1, -0.05) is 30.3 Å². The molecule has 6 nitrogen and oxygen atoms in total. The number of benzene rings is 1. The van der Waals surface area contributed by atoms with Gasteiger partial charge in [0.05, 0.1) is 13.2 Å². The minimum Gasteiger partial charge on any atom is -0.481 e. The molecule has 0 aliphatic carbocycles. The summed E-state index contributed by atoms with van der Waals surface area (Å²) < 4.78 is 5.16. The highest BCUT2D eigenvalue weighted by atomic mass is 16.5. The summed E-state index contributed by atoms with van der Waals surface area (Å²) in [6, 6.07) is 13.2. The van der Waals surface area contributed by atoms with Crippen molar-refractivity contribution in [1.82, 2.24) is 14.8 Å². The lowest BCUT2D eigenvalue weighted by Gasteiger charge is -2.48. The topological polar surface area (TPSA) is 65.9 Å². The highest BCUT2D eigenvalue weighted by molar-refractivity contribution is 5.94. The third-order valence-electron chi connectivity index (χ3n) is 6.04. The highest BCUT2D eigenvalue weighted by Crippen LogP contribution is 2.37. The molecule has 1 aromatic heterocycles. The summed E-state index contributed by atoms with van der Waals surface area (Å²) in [6.07, 6.45) is 4.38. The van der Waals surface area contributed by atoms with E-state index >= 15 is 0 Å². The number of amides is 1. The highest BCUT2D eigenvalue weighted by Gasteiger charge is 2.47. The molecule has 2 aliphatic heterocycles. The standard InChI is InChI=1S/C22H27N3O3/c1-28-20-15-17(9-11-23-20)21(26)25-14-10-22(27,18-7-3-2-4-8-18)19(16-25)24-12-5-6-13-24/h2-4,7-9,11,15,19,27H,5-6,10,12-14,16H2,1H3/t19-,22+/m1/s1. The van der Waals surface area contributed by atoms with Crippen LogP contribution in [0.2, 0.25) is 0 Å². The zero-order valence-electron chi connectivity index (χ0n) is 16.3. The Labute approximate surface area is 165 Å². The number of carbonyl (C=O) groups excluding carboxylic acids is 1. The van der Waals surface area contributed by atoms with Gasteiger partial charge >= 0.3 is 0 Å². The Morgan fingerprint density at radius 1 is 1.18 bits per heavy atom. The predicted octanol–water partition coefficient (Wildman–Crippen LogP) is 2.29. The number of hydrogen-bond donors (Lipinski definition) is 1. The first-order valence-corrected chi connectivity index (χ1v) is 9.93. The fraction of sp³-hybridized carbons (Fsp3) is 0.455. The van der Waals surface area contributed by atoms with Crippen molar-refractivity contribution < 1.29 is 14.6 Å². The van der Waals surface area contributed by atoms with Crippen LogP contribution in [0.1, 0.15) is 35.2 Å². The van der Waals surface area contributed by atoms with E-state index in [2.05, 4.69) is 9.88 Å². The molecule has 2 atom stereocenters. The summed E-state index contributed by atoms with van der Waals surface area (Å²) in [5.74, 6) is 0.389. The lowest BCUT2D eigenvalue weighted by atomic mass is 9.79. The average molecular weight is 381 g/mol. The Kier molecular flexibility index (Phi) is 5.33. The Morgan fingerprint density at radius 3 is 2.64 bits per heavy atom. The minimum absolute atomic E-state index is 0.0417. The first-order chi connectivity index (χ1) is 13.6. The molecule has 0 radical (unpaired) electrons. The molecule has 0 unspecified atom stereocenters. The monoisotopic (exact) mass is 381 g/mol. The number of likely N-dealkylation sites (tertiary alicyclic amines) is 2. The average Bonchev–Trinajstić information content (AvgIpc) is 3.29. The molecule has 148 valence electrons. The number of nitrogens with zero attached hydrogens (tertiary/aromatic N) is 3. The van der Waals surface area contributed by atoms with Gasteiger partial charge in [0.2, 0.25) is 5.88 Å². The maximum Gasteiger partial charge on any atom is 0.254 e. The zero-order valence-corrected chi connectivity index (χ0v) is 16.3. The minimum atomic E-state index is -0.946. The van der Waals surface area contributed by atoms with Crippen molar-refractivity contribution >= 4 is 5.91 Å². The van der Waals surface area contributed by atoms with E-state index in [9.17, 15) is 9.90 Å². The van der Waals surface area contributed by atoms with Crippen LogP contribution in [-0.4, -0.2) is 65.1 Å². The smallest absolute Gasteiger partial charge is 0.254 e. The van der Waals surface area contributed by atoms with Crippen LogP contribution in [0.15, 0.2) is 48.7 Å². The van der Waals surface area contributed by atoms with E-state index < -0.39 is 5.60 Å². The van der Waals surface area contributed by atoms with Gasteiger partial charge in [-0.15, -0.1) is 0 Å². The lowest BCUT2D eigenvalue weighted by Crippen LogP contribution is -2.61. The summed E-state index contributed by atoms with van der Waals surface area (Å²) in [6.45, 7) is 2.95. The number of aromatic nitrogens is 1. The molecule has 4 rings (SSSR count). The Morgan fingerprint density at radius 2 is 1.93 bits per heavy atom. The van der Waals surface area contributed by atoms with Gasteiger partial charge in [-0.2, -0.15) is 0 Å². The van der Waals surface area contributed by atoms with E-state index in [1.54, 1.807) is 25.4 Å².